The molecule has 4 nitrogen and oxygen atoms in total. The average Bonchev–Trinajstić information content (AvgIpc) is 2.32. The molecular weight excluding hydrogens is 261 g/mol. The van der Waals surface area contributed by atoms with E-state index in [1.807, 2.05) is 0 Å². The minimum atomic E-state index is -0.546. The highest BCUT2D eigenvalue weighted by Crippen LogP contribution is 2.09. The van der Waals surface area contributed by atoms with Gasteiger partial charge in [0.15, 0.2) is 0 Å². The van der Waals surface area contributed by atoms with Crippen LogP contribution >= 0.6 is 0 Å². The lowest BCUT2D eigenvalue weighted by Gasteiger charge is -2.19. The van der Waals surface area contributed by atoms with E-state index < -0.39 is 17.5 Å². The summed E-state index contributed by atoms with van der Waals surface area (Å²) < 4.78 is 18.2. The van der Waals surface area contributed by atoms with E-state index in [1.54, 1.807) is 39.0 Å². The van der Waals surface area contributed by atoms with Gasteiger partial charge in [0, 0.05) is 12.1 Å². The molecule has 0 heterocycles. The Bertz CT molecular complexity index is 518. The molecule has 0 fully saturated rings. The van der Waals surface area contributed by atoms with Crippen LogP contribution in [0.4, 0.5) is 9.18 Å². The number of nitrogens with one attached hydrogen (secondary N) is 1. The summed E-state index contributed by atoms with van der Waals surface area (Å²) in [5.74, 6) is -0.477. The fraction of sp³-hybridized carbons (Fsp3) is 0.333. The van der Waals surface area contributed by atoms with Gasteiger partial charge in [-0.25, -0.2) is 9.18 Å². The summed E-state index contributed by atoms with van der Waals surface area (Å²) in [6, 6.07) is 4.01. The molecule has 1 aromatic rings. The lowest BCUT2D eigenvalue weighted by atomic mass is 10.1. The molecule has 0 spiro atoms. The first kappa shape index (κ1) is 15.9. The van der Waals surface area contributed by atoms with Gasteiger partial charge in [0.1, 0.15) is 17.7 Å². The van der Waals surface area contributed by atoms with Crippen LogP contribution in [-0.4, -0.2) is 24.5 Å². The molecule has 0 bridgehead atoms. The number of rotatable bonds is 4. The molecule has 0 aromatic heterocycles. The van der Waals surface area contributed by atoms with Gasteiger partial charge in [-0.2, -0.15) is 0 Å². The van der Waals surface area contributed by atoms with Gasteiger partial charge in [-0.1, -0.05) is 12.2 Å². The van der Waals surface area contributed by atoms with Crippen molar-refractivity contribution in [3.8, 4) is 0 Å². The number of amides is 1. The van der Waals surface area contributed by atoms with E-state index in [0.29, 0.717) is 11.8 Å². The fourth-order valence-corrected chi connectivity index (χ4v) is 1.45. The van der Waals surface area contributed by atoms with Gasteiger partial charge in [0.05, 0.1) is 0 Å². The maximum atomic E-state index is 13.2. The number of alkyl carbamates (subject to hydrolysis) is 1. The normalized spacial score (nSPS) is 11.4. The van der Waals surface area contributed by atoms with Crippen LogP contribution in [0.2, 0.25) is 0 Å². The van der Waals surface area contributed by atoms with Crippen molar-refractivity contribution in [3.05, 3.63) is 41.2 Å². The number of ether oxygens (including phenoxy) is 1. The summed E-state index contributed by atoms with van der Waals surface area (Å²) in [4.78, 5) is 21.9. The predicted molar refractivity (Wildman–Crippen MR) is 75.1 cm³/mol. The summed E-state index contributed by atoms with van der Waals surface area (Å²) in [6.45, 7) is 5.57. The van der Waals surface area contributed by atoms with Gasteiger partial charge in [-0.3, -0.25) is 4.79 Å². The number of carbonyl (C=O) groups excluding carboxylic acids is 2. The monoisotopic (exact) mass is 279 g/mol. The Balaban J connectivity index is 2.51. The van der Waals surface area contributed by atoms with Gasteiger partial charge in [-0.05, 0) is 44.5 Å². The Labute approximate surface area is 117 Å². The van der Waals surface area contributed by atoms with Gasteiger partial charge in [0.2, 0.25) is 0 Å². The number of halogens is 1. The topological polar surface area (TPSA) is 55.4 Å². The standard InChI is InChI=1S/C15H18FNO3/c1-15(2,3)20-14(19)17-6-4-5-11-7-12(10-18)9-13(16)8-11/h4-5,7-10H,6H2,1-3H3,(H,17,19). The van der Waals surface area contributed by atoms with Gasteiger partial charge >= 0.3 is 6.09 Å². The highest BCUT2D eigenvalue weighted by molar-refractivity contribution is 5.76. The first-order valence-corrected chi connectivity index (χ1v) is 6.19. The molecule has 1 amide bonds. The Kier molecular flexibility index (Phi) is 5.43. The van der Waals surface area contributed by atoms with Gasteiger partial charge in [0.25, 0.3) is 0 Å². The molecule has 0 unspecified atom stereocenters. The number of aldehydes is 1. The first-order chi connectivity index (χ1) is 9.30. The zero-order chi connectivity index (χ0) is 15.2. The van der Waals surface area contributed by atoms with Crippen LogP contribution in [0.5, 0.6) is 0 Å². The van der Waals surface area contributed by atoms with Crippen molar-refractivity contribution in [2.45, 2.75) is 26.4 Å². The molecule has 1 aromatic carbocycles. The highest BCUT2D eigenvalue weighted by Gasteiger charge is 2.14. The van der Waals surface area contributed by atoms with E-state index in [4.69, 9.17) is 4.74 Å². The predicted octanol–water partition coefficient (Wildman–Crippen LogP) is 3.18. The van der Waals surface area contributed by atoms with E-state index in [-0.39, 0.29) is 12.1 Å². The third-order valence-electron chi connectivity index (χ3n) is 2.15. The Morgan fingerprint density at radius 3 is 2.55 bits per heavy atom. The second kappa shape index (κ2) is 6.84. The maximum absolute atomic E-state index is 13.2. The van der Waals surface area contributed by atoms with E-state index in [9.17, 15) is 14.0 Å². The van der Waals surface area contributed by atoms with Crippen LogP contribution in [0.15, 0.2) is 24.3 Å². The van der Waals surface area contributed by atoms with Gasteiger partial charge < -0.3 is 10.1 Å². The van der Waals surface area contributed by atoms with Crippen molar-refractivity contribution >= 4 is 18.5 Å². The number of carbonyl (C=O) groups is 2. The molecule has 0 atom stereocenters. The Hall–Kier alpha value is -2.17. The molecule has 0 aliphatic carbocycles. The molecular formula is C15H18FNO3. The van der Waals surface area contributed by atoms with E-state index >= 15 is 0 Å². The third kappa shape index (κ3) is 6.13. The summed E-state index contributed by atoms with van der Waals surface area (Å²) in [7, 11) is 0. The van der Waals surface area contributed by atoms with Crippen molar-refractivity contribution in [1.29, 1.82) is 0 Å². The van der Waals surface area contributed by atoms with Crippen LogP contribution in [-0.2, 0) is 4.74 Å². The van der Waals surface area contributed by atoms with E-state index in [1.165, 1.54) is 6.07 Å². The SMILES string of the molecule is CC(C)(C)OC(=O)NCC=Cc1cc(F)cc(C=O)c1. The average molecular weight is 279 g/mol. The molecule has 20 heavy (non-hydrogen) atoms. The summed E-state index contributed by atoms with van der Waals surface area (Å²) in [5, 5.41) is 2.54. The molecule has 5 heteroatoms. The van der Waals surface area contributed by atoms with E-state index in [0.717, 1.165) is 6.07 Å². The summed E-state index contributed by atoms with van der Waals surface area (Å²) >= 11 is 0. The van der Waals surface area contributed by atoms with Crippen LogP contribution in [0.1, 0.15) is 36.7 Å². The van der Waals surface area contributed by atoms with E-state index in [2.05, 4.69) is 5.32 Å². The Morgan fingerprint density at radius 2 is 1.95 bits per heavy atom. The number of hydrogen-bond donors (Lipinski definition) is 1. The van der Waals surface area contributed by atoms with Crippen LogP contribution in [0, 0.1) is 5.82 Å². The zero-order valence-corrected chi connectivity index (χ0v) is 11.8. The maximum Gasteiger partial charge on any atom is 0.407 e. The van der Waals surface area contributed by atoms with Crippen molar-refractivity contribution in [2.75, 3.05) is 6.54 Å². The molecule has 0 saturated carbocycles. The minimum Gasteiger partial charge on any atom is -0.444 e. The molecule has 0 radical (unpaired) electrons. The van der Waals surface area contributed by atoms with Crippen LogP contribution in [0.3, 0.4) is 0 Å². The van der Waals surface area contributed by atoms with Crippen molar-refractivity contribution in [2.24, 2.45) is 0 Å². The highest BCUT2D eigenvalue weighted by atomic mass is 19.1. The molecule has 1 rings (SSSR count). The third-order valence-corrected chi connectivity index (χ3v) is 2.15. The summed E-state index contributed by atoms with van der Waals surface area (Å²) in [6.07, 6.45) is 3.33. The molecule has 0 aliphatic rings. The Morgan fingerprint density at radius 1 is 1.30 bits per heavy atom. The second-order valence-corrected chi connectivity index (χ2v) is 5.22. The molecule has 108 valence electrons. The van der Waals surface area contributed by atoms with Crippen LogP contribution in [0.25, 0.3) is 6.08 Å². The number of hydrogen-bond acceptors (Lipinski definition) is 3. The first-order valence-electron chi connectivity index (χ1n) is 6.19. The quantitative estimate of drug-likeness (QED) is 0.861. The van der Waals surface area contributed by atoms with Gasteiger partial charge in [-0.15, -0.1) is 0 Å². The zero-order valence-electron chi connectivity index (χ0n) is 11.8. The fourth-order valence-electron chi connectivity index (χ4n) is 1.45. The molecule has 0 saturated heterocycles. The molecule has 0 aliphatic heterocycles. The van der Waals surface area contributed by atoms with Crippen LogP contribution < -0.4 is 5.32 Å². The number of benzene rings is 1. The largest absolute Gasteiger partial charge is 0.444 e. The van der Waals surface area contributed by atoms with Crippen molar-refractivity contribution in [3.63, 3.8) is 0 Å². The second-order valence-electron chi connectivity index (χ2n) is 5.22. The lowest BCUT2D eigenvalue weighted by molar-refractivity contribution is 0.0534. The smallest absolute Gasteiger partial charge is 0.407 e. The van der Waals surface area contributed by atoms with Crippen molar-refractivity contribution in [1.82, 2.24) is 5.32 Å². The summed E-state index contributed by atoms with van der Waals surface area (Å²) in [5.41, 5.74) is 0.276. The van der Waals surface area contributed by atoms with Crippen molar-refractivity contribution < 1.29 is 18.7 Å². The lowest BCUT2D eigenvalue weighted by Crippen LogP contribution is -2.32. The minimum absolute atomic E-state index is 0.252. The molecule has 1 N–H and O–H groups in total.